The van der Waals surface area contributed by atoms with Crippen LogP contribution >= 0.6 is 11.8 Å². The Balaban J connectivity index is 1.69. The van der Waals surface area contributed by atoms with Crippen LogP contribution in [0, 0.1) is 0 Å². The molecular weight excluding hydrogens is 344 g/mol. The van der Waals surface area contributed by atoms with E-state index in [1.54, 1.807) is 0 Å². The van der Waals surface area contributed by atoms with E-state index in [1.165, 1.54) is 24.6 Å². The van der Waals surface area contributed by atoms with Crippen LogP contribution in [-0.2, 0) is 17.9 Å². The summed E-state index contributed by atoms with van der Waals surface area (Å²) in [6, 6.07) is 10.1. The third-order valence-corrected chi connectivity index (χ3v) is 5.61. The highest BCUT2D eigenvalue weighted by atomic mass is 32.2. The summed E-state index contributed by atoms with van der Waals surface area (Å²) < 4.78 is 2.10. The number of hydrogen-bond acceptors (Lipinski definition) is 4. The average molecular weight is 371 g/mol. The topological polar surface area (TPSA) is 51.0 Å². The summed E-state index contributed by atoms with van der Waals surface area (Å²) in [6.45, 7) is 9.81. The molecular formula is C20H26N4OS. The van der Waals surface area contributed by atoms with Gasteiger partial charge in [-0.1, -0.05) is 48.2 Å². The highest BCUT2D eigenvalue weighted by Crippen LogP contribution is 2.40. The van der Waals surface area contributed by atoms with Crippen molar-refractivity contribution in [2.45, 2.75) is 56.1 Å². The fourth-order valence-corrected chi connectivity index (χ4v) is 3.90. The number of carbonyl (C=O) groups is 1. The lowest BCUT2D eigenvalue weighted by molar-refractivity contribution is -0.130. The Bertz CT molecular complexity index is 754. The summed E-state index contributed by atoms with van der Waals surface area (Å²) in [6.07, 6.45) is 4.21. The number of carbonyl (C=O) groups excluding carboxylic acids is 1. The molecule has 0 saturated heterocycles. The van der Waals surface area contributed by atoms with Gasteiger partial charge >= 0.3 is 0 Å². The minimum absolute atomic E-state index is 0.127. The Labute approximate surface area is 159 Å². The van der Waals surface area contributed by atoms with Crippen molar-refractivity contribution in [1.29, 1.82) is 0 Å². The van der Waals surface area contributed by atoms with Crippen molar-refractivity contribution >= 4 is 17.7 Å². The SMILES string of the molecule is C=CCn1c(SC(C)C(=O)N(CC)Cc2ccccc2)nnc1C1CC1. The third kappa shape index (κ3) is 4.36. The third-order valence-electron chi connectivity index (χ3n) is 4.54. The molecule has 1 unspecified atom stereocenters. The number of aromatic nitrogens is 3. The van der Waals surface area contributed by atoms with Crippen LogP contribution in [0.2, 0.25) is 0 Å². The van der Waals surface area contributed by atoms with E-state index in [2.05, 4.69) is 33.5 Å². The Morgan fingerprint density at radius 1 is 1.38 bits per heavy atom. The maximum absolute atomic E-state index is 12.9. The molecule has 5 nitrogen and oxygen atoms in total. The number of rotatable bonds is 9. The second-order valence-electron chi connectivity index (χ2n) is 6.61. The molecule has 1 aliphatic carbocycles. The molecule has 1 atom stereocenters. The van der Waals surface area contributed by atoms with Crippen LogP contribution in [0.25, 0.3) is 0 Å². The van der Waals surface area contributed by atoms with Crippen molar-refractivity contribution in [3.05, 3.63) is 54.4 Å². The quantitative estimate of drug-likeness (QED) is 0.497. The average Bonchev–Trinajstić information content (AvgIpc) is 3.43. The van der Waals surface area contributed by atoms with E-state index in [9.17, 15) is 4.79 Å². The Morgan fingerprint density at radius 2 is 2.12 bits per heavy atom. The summed E-state index contributed by atoms with van der Waals surface area (Å²) in [5.41, 5.74) is 1.14. The first-order chi connectivity index (χ1) is 12.6. The van der Waals surface area contributed by atoms with Gasteiger partial charge in [-0.25, -0.2) is 0 Å². The lowest BCUT2D eigenvalue weighted by Crippen LogP contribution is -2.36. The van der Waals surface area contributed by atoms with Gasteiger partial charge in [-0.2, -0.15) is 0 Å². The monoisotopic (exact) mass is 370 g/mol. The fourth-order valence-electron chi connectivity index (χ4n) is 2.95. The second kappa shape index (κ2) is 8.54. The highest BCUT2D eigenvalue weighted by molar-refractivity contribution is 8.00. The van der Waals surface area contributed by atoms with E-state index in [-0.39, 0.29) is 11.2 Å². The molecule has 1 heterocycles. The van der Waals surface area contributed by atoms with E-state index in [1.807, 2.05) is 43.0 Å². The lowest BCUT2D eigenvalue weighted by Gasteiger charge is -2.24. The number of hydrogen-bond donors (Lipinski definition) is 0. The maximum Gasteiger partial charge on any atom is 0.236 e. The van der Waals surface area contributed by atoms with Gasteiger partial charge in [0.15, 0.2) is 5.16 Å². The number of allylic oxidation sites excluding steroid dienone is 1. The van der Waals surface area contributed by atoms with E-state index in [0.29, 0.717) is 25.6 Å². The smallest absolute Gasteiger partial charge is 0.236 e. The zero-order valence-electron chi connectivity index (χ0n) is 15.5. The lowest BCUT2D eigenvalue weighted by atomic mass is 10.2. The summed E-state index contributed by atoms with van der Waals surface area (Å²) >= 11 is 1.49. The van der Waals surface area contributed by atoms with Crippen molar-refractivity contribution in [3.8, 4) is 0 Å². The number of thioether (sulfide) groups is 1. The van der Waals surface area contributed by atoms with E-state index >= 15 is 0 Å². The molecule has 1 aromatic heterocycles. The van der Waals surface area contributed by atoms with Crippen LogP contribution in [0.15, 0.2) is 48.1 Å². The van der Waals surface area contributed by atoms with Gasteiger partial charge in [0.2, 0.25) is 5.91 Å². The Morgan fingerprint density at radius 3 is 2.73 bits per heavy atom. The first-order valence-electron chi connectivity index (χ1n) is 9.17. The predicted molar refractivity (Wildman–Crippen MR) is 105 cm³/mol. The molecule has 0 bridgehead atoms. The van der Waals surface area contributed by atoms with Gasteiger partial charge in [0.25, 0.3) is 0 Å². The first kappa shape index (κ1) is 18.7. The normalized spacial score (nSPS) is 14.8. The molecule has 138 valence electrons. The summed E-state index contributed by atoms with van der Waals surface area (Å²) in [7, 11) is 0. The van der Waals surface area contributed by atoms with Crippen molar-refractivity contribution in [1.82, 2.24) is 19.7 Å². The predicted octanol–water partition coefficient (Wildman–Crippen LogP) is 3.87. The number of nitrogens with zero attached hydrogens (tertiary/aromatic N) is 4. The molecule has 1 amide bonds. The Hall–Kier alpha value is -2.08. The van der Waals surface area contributed by atoms with Gasteiger partial charge in [-0.3, -0.25) is 4.79 Å². The molecule has 0 spiro atoms. The first-order valence-corrected chi connectivity index (χ1v) is 10.0. The summed E-state index contributed by atoms with van der Waals surface area (Å²) in [4.78, 5) is 14.8. The molecule has 1 saturated carbocycles. The molecule has 26 heavy (non-hydrogen) atoms. The van der Waals surface area contributed by atoms with Crippen LogP contribution in [-0.4, -0.2) is 37.4 Å². The molecule has 6 heteroatoms. The van der Waals surface area contributed by atoms with Gasteiger partial charge < -0.3 is 9.47 Å². The molecule has 1 aromatic carbocycles. The second-order valence-corrected chi connectivity index (χ2v) is 7.92. The molecule has 2 aromatic rings. The van der Waals surface area contributed by atoms with Gasteiger partial charge in [0.1, 0.15) is 5.82 Å². The van der Waals surface area contributed by atoms with Gasteiger partial charge in [-0.05, 0) is 32.3 Å². The minimum Gasteiger partial charge on any atom is -0.338 e. The standard InChI is InChI=1S/C20H26N4OS/c1-4-13-24-18(17-11-12-17)21-22-20(24)26-15(3)19(25)23(5-2)14-16-9-7-6-8-10-16/h4,6-10,15,17H,1,5,11-14H2,2-3H3. The Kier molecular flexibility index (Phi) is 6.14. The molecule has 1 aliphatic rings. The largest absolute Gasteiger partial charge is 0.338 e. The number of benzene rings is 1. The molecule has 0 radical (unpaired) electrons. The van der Waals surface area contributed by atoms with Crippen LogP contribution < -0.4 is 0 Å². The van der Waals surface area contributed by atoms with Crippen molar-refractivity contribution < 1.29 is 4.79 Å². The van der Waals surface area contributed by atoms with Crippen molar-refractivity contribution in [2.24, 2.45) is 0 Å². The zero-order valence-corrected chi connectivity index (χ0v) is 16.3. The summed E-state index contributed by atoms with van der Waals surface area (Å²) in [5, 5.41) is 9.31. The minimum atomic E-state index is -0.210. The highest BCUT2D eigenvalue weighted by Gasteiger charge is 2.31. The van der Waals surface area contributed by atoms with Crippen molar-refractivity contribution in [3.63, 3.8) is 0 Å². The van der Waals surface area contributed by atoms with Gasteiger partial charge in [0.05, 0.1) is 5.25 Å². The summed E-state index contributed by atoms with van der Waals surface area (Å²) in [5.74, 6) is 1.68. The van der Waals surface area contributed by atoms with Crippen LogP contribution in [0.5, 0.6) is 0 Å². The molecule has 0 N–H and O–H groups in total. The zero-order chi connectivity index (χ0) is 18.5. The molecule has 3 rings (SSSR count). The van der Waals surface area contributed by atoms with Crippen LogP contribution in [0.4, 0.5) is 0 Å². The maximum atomic E-state index is 12.9. The fraction of sp³-hybridized carbons (Fsp3) is 0.450. The van der Waals surface area contributed by atoms with E-state index < -0.39 is 0 Å². The van der Waals surface area contributed by atoms with E-state index in [4.69, 9.17) is 0 Å². The van der Waals surface area contributed by atoms with Crippen LogP contribution in [0.1, 0.15) is 44.0 Å². The molecule has 0 aliphatic heterocycles. The van der Waals surface area contributed by atoms with E-state index in [0.717, 1.165) is 16.5 Å². The molecule has 1 fully saturated rings. The van der Waals surface area contributed by atoms with Crippen LogP contribution in [0.3, 0.4) is 0 Å². The van der Waals surface area contributed by atoms with Gasteiger partial charge in [-0.15, -0.1) is 16.8 Å². The van der Waals surface area contributed by atoms with Crippen molar-refractivity contribution in [2.75, 3.05) is 6.54 Å². The number of amides is 1. The van der Waals surface area contributed by atoms with Gasteiger partial charge in [0, 0.05) is 25.6 Å².